The maximum Gasteiger partial charge on any atom is 0.458 e. The van der Waals surface area contributed by atoms with Crippen LogP contribution in [0.1, 0.15) is 0 Å². The standard InChI is InChI=1S/C4F8O3S/c5-1(6,3(8,9)10)2(7)4(11,12)15-16(2,13)14/t2-/m1/s1. The van der Waals surface area contributed by atoms with Crippen LogP contribution in [0.15, 0.2) is 0 Å². The molecule has 0 N–H and O–H groups in total. The van der Waals surface area contributed by atoms with Crippen molar-refractivity contribution in [3.8, 4) is 0 Å². The zero-order valence-electron chi connectivity index (χ0n) is 6.66. The molecule has 1 heterocycles. The van der Waals surface area contributed by atoms with Crippen LogP contribution < -0.4 is 0 Å². The first-order chi connectivity index (χ1) is 6.71. The topological polar surface area (TPSA) is 43.4 Å². The lowest BCUT2D eigenvalue weighted by atomic mass is 10.1. The minimum atomic E-state index is -6.80. The summed E-state index contributed by atoms with van der Waals surface area (Å²) >= 11 is 0. The second-order valence-electron chi connectivity index (χ2n) is 2.72. The Labute approximate surface area is 82.1 Å². The van der Waals surface area contributed by atoms with E-state index in [1.54, 1.807) is 0 Å². The van der Waals surface area contributed by atoms with Crippen LogP contribution >= 0.6 is 0 Å². The summed E-state index contributed by atoms with van der Waals surface area (Å²) in [5.41, 5.74) is 0. The summed E-state index contributed by atoms with van der Waals surface area (Å²) in [6, 6.07) is 0. The molecule has 0 unspecified atom stereocenters. The molecule has 0 amide bonds. The summed E-state index contributed by atoms with van der Waals surface area (Å²) in [4.78, 5) is 0. The quantitative estimate of drug-likeness (QED) is 0.543. The highest BCUT2D eigenvalue weighted by atomic mass is 32.2. The number of halogens is 8. The average Bonchev–Trinajstić information content (AvgIpc) is 1.97. The van der Waals surface area contributed by atoms with E-state index in [4.69, 9.17) is 0 Å². The van der Waals surface area contributed by atoms with Gasteiger partial charge in [0.2, 0.25) is 0 Å². The fourth-order valence-corrected chi connectivity index (χ4v) is 2.03. The SMILES string of the molecule is O=S1(=O)OC(F)(F)[C@@]1(F)C(F)(F)C(F)(F)F. The van der Waals surface area contributed by atoms with Crippen LogP contribution in [0.5, 0.6) is 0 Å². The third-order valence-corrected chi connectivity index (χ3v) is 3.30. The largest absolute Gasteiger partial charge is 0.458 e. The highest BCUT2D eigenvalue weighted by Gasteiger charge is 2.94. The highest BCUT2D eigenvalue weighted by molar-refractivity contribution is 7.89. The molecule has 0 bridgehead atoms. The van der Waals surface area contributed by atoms with E-state index in [0.717, 1.165) is 0 Å². The predicted octanol–water partition coefficient (Wildman–Crippen LogP) is 1.80. The second kappa shape index (κ2) is 2.78. The number of hydrogen-bond donors (Lipinski definition) is 0. The van der Waals surface area contributed by atoms with Crippen molar-refractivity contribution in [2.45, 2.75) is 23.2 Å². The summed E-state index contributed by atoms with van der Waals surface area (Å²) < 4.78 is 119. The number of alkyl halides is 8. The van der Waals surface area contributed by atoms with Crippen LogP contribution in [0, 0.1) is 0 Å². The molecule has 1 aliphatic heterocycles. The minimum absolute atomic E-state index is 2.39. The van der Waals surface area contributed by atoms with Crippen LogP contribution in [0.25, 0.3) is 0 Å². The van der Waals surface area contributed by atoms with Gasteiger partial charge in [0.25, 0.3) is 0 Å². The van der Waals surface area contributed by atoms with E-state index in [1.807, 2.05) is 0 Å². The van der Waals surface area contributed by atoms with Crippen molar-refractivity contribution in [3.05, 3.63) is 0 Å². The van der Waals surface area contributed by atoms with E-state index in [1.165, 1.54) is 0 Å². The first-order valence-electron chi connectivity index (χ1n) is 3.17. The van der Waals surface area contributed by atoms with E-state index >= 15 is 0 Å². The minimum Gasteiger partial charge on any atom is -0.206 e. The fraction of sp³-hybridized carbons (Fsp3) is 1.00. The Kier molecular flexibility index (Phi) is 2.33. The highest BCUT2D eigenvalue weighted by Crippen LogP contribution is 2.61. The van der Waals surface area contributed by atoms with Crippen molar-refractivity contribution in [3.63, 3.8) is 0 Å². The lowest BCUT2D eigenvalue weighted by Gasteiger charge is -2.43. The van der Waals surface area contributed by atoms with Gasteiger partial charge in [0, 0.05) is 0 Å². The molecule has 0 radical (unpaired) electrons. The Morgan fingerprint density at radius 1 is 0.938 bits per heavy atom. The maximum absolute atomic E-state index is 12.8. The molecule has 1 rings (SSSR count). The first kappa shape index (κ1) is 13.4. The monoisotopic (exact) mass is 280 g/mol. The van der Waals surface area contributed by atoms with Crippen LogP contribution in [-0.4, -0.2) is 31.6 Å². The molecule has 0 aromatic rings. The van der Waals surface area contributed by atoms with Crippen molar-refractivity contribution >= 4 is 10.1 Å². The Hall–Kier alpha value is -0.650. The van der Waals surface area contributed by atoms with Gasteiger partial charge >= 0.3 is 33.3 Å². The Balaban J connectivity index is 3.42. The van der Waals surface area contributed by atoms with Crippen LogP contribution in [0.2, 0.25) is 0 Å². The fourth-order valence-electron chi connectivity index (χ4n) is 0.882. The molecular formula is C4F8O3S. The molecular weight excluding hydrogens is 280 g/mol. The zero-order chi connectivity index (χ0) is 13.2. The Morgan fingerprint density at radius 2 is 1.31 bits per heavy atom. The molecule has 1 atom stereocenters. The average molecular weight is 280 g/mol. The van der Waals surface area contributed by atoms with E-state index in [2.05, 4.69) is 4.18 Å². The van der Waals surface area contributed by atoms with Gasteiger partial charge in [-0.05, 0) is 0 Å². The molecule has 0 spiro atoms. The molecule has 0 aliphatic carbocycles. The number of rotatable bonds is 1. The third-order valence-electron chi connectivity index (χ3n) is 1.69. The molecule has 1 saturated heterocycles. The zero-order valence-corrected chi connectivity index (χ0v) is 7.47. The molecule has 0 saturated carbocycles. The van der Waals surface area contributed by atoms with Gasteiger partial charge in [0.1, 0.15) is 0 Å². The summed E-state index contributed by atoms with van der Waals surface area (Å²) in [5.74, 6) is -6.79. The van der Waals surface area contributed by atoms with E-state index < -0.39 is 33.3 Å². The van der Waals surface area contributed by atoms with E-state index in [-0.39, 0.29) is 0 Å². The lowest BCUT2D eigenvalue weighted by Crippen LogP contribution is -2.75. The molecule has 12 heteroatoms. The molecule has 3 nitrogen and oxygen atoms in total. The molecule has 1 fully saturated rings. The van der Waals surface area contributed by atoms with Gasteiger partial charge < -0.3 is 0 Å². The molecule has 0 aromatic heterocycles. The van der Waals surface area contributed by atoms with Crippen molar-refractivity contribution in [2.24, 2.45) is 0 Å². The van der Waals surface area contributed by atoms with Gasteiger partial charge in [-0.3, -0.25) is 0 Å². The normalized spacial score (nSPS) is 33.2. The summed E-state index contributed by atoms with van der Waals surface area (Å²) in [5, 5.41) is -6.15. The van der Waals surface area contributed by atoms with Crippen molar-refractivity contribution in [2.75, 3.05) is 0 Å². The lowest BCUT2D eigenvalue weighted by molar-refractivity contribution is -0.391. The Morgan fingerprint density at radius 3 is 1.44 bits per heavy atom. The van der Waals surface area contributed by atoms with Crippen LogP contribution in [-0.2, 0) is 14.3 Å². The number of hydrogen-bond acceptors (Lipinski definition) is 3. The summed E-state index contributed by atoms with van der Waals surface area (Å²) in [6.45, 7) is 0. The van der Waals surface area contributed by atoms with Gasteiger partial charge in [-0.15, -0.1) is 0 Å². The predicted molar refractivity (Wildman–Crippen MR) is 29.8 cm³/mol. The van der Waals surface area contributed by atoms with E-state index in [9.17, 15) is 43.5 Å². The van der Waals surface area contributed by atoms with Gasteiger partial charge in [0.05, 0.1) is 0 Å². The molecule has 0 aromatic carbocycles. The van der Waals surface area contributed by atoms with Crippen LogP contribution in [0.3, 0.4) is 0 Å². The third kappa shape index (κ3) is 1.19. The van der Waals surface area contributed by atoms with Gasteiger partial charge in [-0.1, -0.05) is 0 Å². The smallest absolute Gasteiger partial charge is 0.206 e. The molecule has 96 valence electrons. The van der Waals surface area contributed by atoms with Crippen molar-refractivity contribution < 1.29 is 47.7 Å². The maximum atomic E-state index is 12.8. The van der Waals surface area contributed by atoms with Gasteiger partial charge in [0.15, 0.2) is 0 Å². The van der Waals surface area contributed by atoms with Crippen molar-refractivity contribution in [1.29, 1.82) is 0 Å². The van der Waals surface area contributed by atoms with Crippen LogP contribution in [0.4, 0.5) is 35.1 Å². The summed E-state index contributed by atoms with van der Waals surface area (Å²) in [6.07, 6.45) is -12.6. The van der Waals surface area contributed by atoms with Gasteiger partial charge in [-0.2, -0.15) is 43.3 Å². The van der Waals surface area contributed by atoms with Gasteiger partial charge in [-0.25, -0.2) is 4.39 Å². The molecule has 1 aliphatic rings. The second-order valence-corrected chi connectivity index (χ2v) is 4.36. The molecule has 16 heavy (non-hydrogen) atoms. The Bertz CT molecular complexity index is 409. The first-order valence-corrected chi connectivity index (χ1v) is 4.58. The van der Waals surface area contributed by atoms with Crippen molar-refractivity contribution in [1.82, 2.24) is 0 Å². The summed E-state index contributed by atoms with van der Waals surface area (Å²) in [7, 11) is -6.36. The van der Waals surface area contributed by atoms with E-state index in [0.29, 0.717) is 0 Å².